The minimum absolute atomic E-state index is 0.442. The van der Waals surface area contributed by atoms with Crippen LogP contribution in [0.2, 0.25) is 0 Å². The molecule has 1 aliphatic rings. The van der Waals surface area contributed by atoms with Crippen molar-refractivity contribution in [3.05, 3.63) is 18.2 Å². The Balaban J connectivity index is 2.12. The highest BCUT2D eigenvalue weighted by molar-refractivity contribution is 5.00. The van der Waals surface area contributed by atoms with Crippen molar-refractivity contribution in [2.45, 2.75) is 37.1 Å². The molecule has 1 fully saturated rings. The van der Waals surface area contributed by atoms with Crippen LogP contribution in [0.5, 0.6) is 0 Å². The van der Waals surface area contributed by atoms with Gasteiger partial charge in [0.2, 0.25) is 0 Å². The van der Waals surface area contributed by atoms with E-state index in [9.17, 15) is 15.3 Å². The Labute approximate surface area is 116 Å². The van der Waals surface area contributed by atoms with Gasteiger partial charge in [0.25, 0.3) is 0 Å². The summed E-state index contributed by atoms with van der Waals surface area (Å²) in [5.74, 6) is 0. The molecule has 1 aliphatic heterocycles. The first-order chi connectivity index (χ1) is 9.58. The van der Waals surface area contributed by atoms with Gasteiger partial charge in [-0.2, -0.15) is 0 Å². The Hall–Kier alpha value is -1.03. The minimum Gasteiger partial charge on any atom is -0.394 e. The summed E-state index contributed by atoms with van der Waals surface area (Å²) in [7, 11) is 1.84. The fourth-order valence-corrected chi connectivity index (χ4v) is 2.23. The van der Waals surface area contributed by atoms with Gasteiger partial charge in [0, 0.05) is 19.2 Å². The predicted molar refractivity (Wildman–Crippen MR) is 68.9 cm³/mol. The van der Waals surface area contributed by atoms with E-state index in [0.29, 0.717) is 0 Å². The first-order valence-corrected chi connectivity index (χ1v) is 6.56. The Morgan fingerprint density at radius 3 is 2.70 bits per heavy atom. The summed E-state index contributed by atoms with van der Waals surface area (Å²) in [6, 6.07) is 0. The largest absolute Gasteiger partial charge is 0.394 e. The van der Waals surface area contributed by atoms with E-state index in [1.807, 2.05) is 7.05 Å². The number of nitrogens with one attached hydrogen (secondary N) is 1. The molecule has 5 N–H and O–H groups in total. The summed E-state index contributed by atoms with van der Waals surface area (Å²) >= 11 is 0. The smallest absolute Gasteiger partial charge is 0.164 e. The molecule has 0 saturated carbocycles. The van der Waals surface area contributed by atoms with Crippen LogP contribution in [0.3, 0.4) is 0 Å². The highest BCUT2D eigenvalue weighted by Crippen LogP contribution is 2.28. The van der Waals surface area contributed by atoms with Gasteiger partial charge in [-0.1, -0.05) is 0 Å². The molecule has 8 nitrogen and oxygen atoms in total. The van der Waals surface area contributed by atoms with Crippen molar-refractivity contribution >= 4 is 0 Å². The van der Waals surface area contributed by atoms with Gasteiger partial charge in [-0.15, -0.1) is 0 Å². The fraction of sp³-hybridized carbons (Fsp3) is 0.750. The van der Waals surface area contributed by atoms with Crippen molar-refractivity contribution in [3.8, 4) is 0 Å². The first-order valence-electron chi connectivity index (χ1n) is 6.56. The molecule has 20 heavy (non-hydrogen) atoms. The fourth-order valence-electron chi connectivity index (χ4n) is 2.23. The van der Waals surface area contributed by atoms with Crippen LogP contribution in [0.15, 0.2) is 12.5 Å². The molecular weight excluding hydrogens is 266 g/mol. The first kappa shape index (κ1) is 15.4. The molecule has 2 rings (SSSR count). The zero-order valence-corrected chi connectivity index (χ0v) is 11.3. The lowest BCUT2D eigenvalue weighted by Gasteiger charge is -2.40. The van der Waals surface area contributed by atoms with Crippen LogP contribution in [0.25, 0.3) is 0 Å². The molecule has 0 bridgehead atoms. The van der Waals surface area contributed by atoms with E-state index in [2.05, 4.69) is 10.3 Å². The molecule has 114 valence electrons. The molecule has 0 aromatic carbocycles. The third-order valence-electron chi connectivity index (χ3n) is 3.45. The molecule has 0 aliphatic carbocycles. The molecule has 0 spiro atoms. The second kappa shape index (κ2) is 6.61. The molecule has 5 atom stereocenters. The van der Waals surface area contributed by atoms with Gasteiger partial charge in [0.1, 0.15) is 24.4 Å². The van der Waals surface area contributed by atoms with E-state index in [1.54, 1.807) is 6.20 Å². The second-order valence-corrected chi connectivity index (χ2v) is 4.89. The van der Waals surface area contributed by atoms with Gasteiger partial charge in [0.05, 0.1) is 18.6 Å². The monoisotopic (exact) mass is 287 g/mol. The molecule has 2 heterocycles. The Kier molecular flexibility index (Phi) is 5.08. The number of hydrogen-bond acceptors (Lipinski definition) is 7. The van der Waals surface area contributed by atoms with Crippen molar-refractivity contribution in [3.63, 3.8) is 0 Å². The normalized spacial score (nSPS) is 34.4. The van der Waals surface area contributed by atoms with Crippen LogP contribution in [-0.4, -0.2) is 74.6 Å². The zero-order chi connectivity index (χ0) is 14.7. The number of nitrogens with zero attached hydrogens (tertiary/aromatic N) is 2. The van der Waals surface area contributed by atoms with Crippen LogP contribution in [-0.2, 0) is 11.2 Å². The van der Waals surface area contributed by atoms with E-state index in [4.69, 9.17) is 9.84 Å². The lowest BCUT2D eigenvalue weighted by molar-refractivity contribution is -0.251. The minimum atomic E-state index is -1.38. The van der Waals surface area contributed by atoms with Crippen molar-refractivity contribution in [2.75, 3.05) is 20.2 Å². The maximum Gasteiger partial charge on any atom is 0.164 e. The number of aliphatic hydroxyl groups is 4. The number of imidazole rings is 1. The standard InChI is InChI=1S/C12H21N3O5/c1-13-3-2-7-4-15(6-14-7)12-11(19)10(18)9(17)8(5-16)20-12/h4,6,8-13,16-19H,2-3,5H2,1H3/t8?,9-,10+,11?,12-/m1/s1. The molecule has 0 amide bonds. The Morgan fingerprint density at radius 1 is 1.30 bits per heavy atom. The molecule has 1 aromatic rings. The molecule has 8 heteroatoms. The van der Waals surface area contributed by atoms with Crippen LogP contribution in [0, 0.1) is 0 Å². The molecule has 2 unspecified atom stereocenters. The van der Waals surface area contributed by atoms with Gasteiger partial charge in [0.15, 0.2) is 6.23 Å². The van der Waals surface area contributed by atoms with Crippen LogP contribution in [0.1, 0.15) is 11.9 Å². The number of likely N-dealkylation sites (N-methyl/N-ethyl adjacent to an activating group) is 1. The van der Waals surface area contributed by atoms with Crippen molar-refractivity contribution in [2.24, 2.45) is 0 Å². The van der Waals surface area contributed by atoms with Gasteiger partial charge >= 0.3 is 0 Å². The molecule has 1 aromatic heterocycles. The van der Waals surface area contributed by atoms with Crippen molar-refractivity contribution in [1.82, 2.24) is 14.9 Å². The van der Waals surface area contributed by atoms with Crippen LogP contribution < -0.4 is 5.32 Å². The number of aliphatic hydroxyl groups excluding tert-OH is 4. The zero-order valence-electron chi connectivity index (χ0n) is 11.3. The summed E-state index contributed by atoms with van der Waals surface area (Å²) in [6.07, 6.45) is -1.89. The Morgan fingerprint density at radius 2 is 2.05 bits per heavy atom. The van der Waals surface area contributed by atoms with Gasteiger partial charge in [-0.05, 0) is 7.05 Å². The van der Waals surface area contributed by atoms with Crippen molar-refractivity contribution in [1.29, 1.82) is 0 Å². The quantitative estimate of drug-likeness (QED) is 0.410. The summed E-state index contributed by atoms with van der Waals surface area (Å²) < 4.78 is 6.97. The van der Waals surface area contributed by atoms with E-state index >= 15 is 0 Å². The van der Waals surface area contributed by atoms with Gasteiger partial charge in [-0.3, -0.25) is 0 Å². The highest BCUT2D eigenvalue weighted by atomic mass is 16.6. The van der Waals surface area contributed by atoms with Gasteiger partial charge in [-0.25, -0.2) is 4.98 Å². The number of ether oxygens (including phenoxy) is 1. The van der Waals surface area contributed by atoms with Crippen molar-refractivity contribution < 1.29 is 25.2 Å². The third-order valence-corrected chi connectivity index (χ3v) is 3.45. The van der Waals surface area contributed by atoms with E-state index in [0.717, 1.165) is 18.7 Å². The number of rotatable bonds is 5. The number of aromatic nitrogens is 2. The molecule has 0 radical (unpaired) electrons. The Bertz CT molecular complexity index is 425. The average molecular weight is 287 g/mol. The average Bonchev–Trinajstić information content (AvgIpc) is 2.91. The highest BCUT2D eigenvalue weighted by Gasteiger charge is 2.44. The summed E-state index contributed by atoms with van der Waals surface area (Å²) in [5.41, 5.74) is 0.816. The predicted octanol–water partition coefficient (Wildman–Crippen LogP) is -2.38. The number of hydrogen-bond donors (Lipinski definition) is 5. The summed E-state index contributed by atoms with van der Waals surface area (Å²) in [5, 5.41) is 41.6. The molecule has 1 saturated heterocycles. The lowest BCUT2D eigenvalue weighted by Crippen LogP contribution is -2.56. The lowest BCUT2D eigenvalue weighted by atomic mass is 9.98. The summed E-state index contributed by atoms with van der Waals surface area (Å²) in [6.45, 7) is 0.328. The van der Waals surface area contributed by atoms with Crippen LogP contribution in [0.4, 0.5) is 0 Å². The topological polar surface area (TPSA) is 120 Å². The van der Waals surface area contributed by atoms with E-state index < -0.39 is 37.3 Å². The van der Waals surface area contributed by atoms with Crippen LogP contribution >= 0.6 is 0 Å². The van der Waals surface area contributed by atoms with Gasteiger partial charge < -0.3 is 35.0 Å². The molecular formula is C12H21N3O5. The van der Waals surface area contributed by atoms with E-state index in [1.165, 1.54) is 10.9 Å². The maximum absolute atomic E-state index is 9.98. The maximum atomic E-state index is 9.98. The van der Waals surface area contributed by atoms with E-state index in [-0.39, 0.29) is 0 Å². The summed E-state index contributed by atoms with van der Waals surface area (Å²) in [4.78, 5) is 4.18. The third kappa shape index (κ3) is 3.00. The second-order valence-electron chi connectivity index (χ2n) is 4.89. The SMILES string of the molecule is CNCCc1cn([C@@H]2OC(CO)[C@@H](O)[C@H](O)C2O)cn1.